The molecular formula is C42H43N3O4S3. The second-order valence-electron chi connectivity index (χ2n) is 14.3. The van der Waals surface area contributed by atoms with Crippen molar-refractivity contribution in [3.8, 4) is 0 Å². The van der Waals surface area contributed by atoms with E-state index in [1.165, 1.54) is 23.1 Å². The number of hydrogen-bond donors (Lipinski definition) is 2. The Morgan fingerprint density at radius 2 is 1.73 bits per heavy atom. The van der Waals surface area contributed by atoms with Crippen molar-refractivity contribution in [1.29, 1.82) is 0 Å². The van der Waals surface area contributed by atoms with Crippen LogP contribution < -0.4 is 15.5 Å². The number of nitrogens with one attached hydrogen (secondary N) is 2. The van der Waals surface area contributed by atoms with E-state index < -0.39 is 11.2 Å². The zero-order valence-electron chi connectivity index (χ0n) is 29.8. The molecule has 0 bridgehead atoms. The molecule has 7 rings (SSSR count). The summed E-state index contributed by atoms with van der Waals surface area (Å²) in [5, 5.41) is 6.35. The van der Waals surface area contributed by atoms with E-state index in [4.69, 9.17) is 4.74 Å². The summed E-state index contributed by atoms with van der Waals surface area (Å²) in [7, 11) is 0. The van der Waals surface area contributed by atoms with Gasteiger partial charge < -0.3 is 15.4 Å². The molecule has 3 aromatic carbocycles. The van der Waals surface area contributed by atoms with Gasteiger partial charge >= 0.3 is 12.0 Å². The number of rotatable bonds is 8. The Bertz CT molecular complexity index is 2030. The van der Waals surface area contributed by atoms with Crippen LogP contribution in [0.15, 0.2) is 113 Å². The molecule has 4 atom stereocenters. The van der Waals surface area contributed by atoms with Crippen LogP contribution in [0.5, 0.6) is 0 Å². The first-order valence-electron chi connectivity index (χ1n) is 17.8. The summed E-state index contributed by atoms with van der Waals surface area (Å²) in [5.41, 5.74) is 3.98. The molecule has 2 aliphatic carbocycles. The minimum Gasteiger partial charge on any atom is -0.462 e. The lowest BCUT2D eigenvalue weighted by Crippen LogP contribution is -2.49. The lowest BCUT2D eigenvalue weighted by atomic mass is 9.72. The van der Waals surface area contributed by atoms with E-state index in [1.807, 2.05) is 89.8 Å². The van der Waals surface area contributed by atoms with Crippen LogP contribution in [0.25, 0.3) is 0 Å². The van der Waals surface area contributed by atoms with Gasteiger partial charge in [-0.1, -0.05) is 93.6 Å². The molecule has 268 valence electrons. The number of nitrogens with zero attached hydrogens (tertiary/aromatic N) is 1. The molecule has 0 radical (unpaired) electrons. The van der Waals surface area contributed by atoms with E-state index >= 15 is 0 Å². The molecular weight excluding hydrogens is 707 g/mol. The summed E-state index contributed by atoms with van der Waals surface area (Å²) < 4.78 is 5.51. The summed E-state index contributed by atoms with van der Waals surface area (Å²) in [6, 6.07) is 24.9. The largest absolute Gasteiger partial charge is 0.462 e. The van der Waals surface area contributed by atoms with Gasteiger partial charge in [-0.3, -0.25) is 9.69 Å². The molecule has 4 unspecified atom stereocenters. The quantitative estimate of drug-likeness (QED) is 0.138. The highest BCUT2D eigenvalue weighted by Crippen LogP contribution is 2.46. The predicted octanol–water partition coefficient (Wildman–Crippen LogP) is 10.6. The number of carbonyl (C=O) groups excluding carboxylic acids is 3. The summed E-state index contributed by atoms with van der Waals surface area (Å²) >= 11 is 4.67. The number of fused-ring (bicyclic) bond motifs is 3. The predicted molar refractivity (Wildman–Crippen MR) is 215 cm³/mol. The molecule has 0 saturated heterocycles. The number of thiophene rings is 1. The number of amides is 3. The van der Waals surface area contributed by atoms with E-state index in [0.29, 0.717) is 22.2 Å². The first-order chi connectivity index (χ1) is 25.1. The normalized spacial score (nSPS) is 19.5. The highest BCUT2D eigenvalue weighted by atomic mass is 32.2. The molecule has 4 aromatic rings. The molecule has 7 nitrogen and oxygen atoms in total. The van der Waals surface area contributed by atoms with E-state index in [1.54, 1.807) is 18.7 Å². The Balaban J connectivity index is 1.14. The average molecular weight is 750 g/mol. The third-order valence-corrected chi connectivity index (χ3v) is 13.6. The average Bonchev–Trinajstić information content (AvgIpc) is 3.50. The van der Waals surface area contributed by atoms with Gasteiger partial charge in [0.05, 0.1) is 29.1 Å². The van der Waals surface area contributed by atoms with Crippen molar-refractivity contribution >= 4 is 69.1 Å². The van der Waals surface area contributed by atoms with Crippen LogP contribution in [0.4, 0.5) is 21.2 Å². The molecule has 52 heavy (non-hydrogen) atoms. The van der Waals surface area contributed by atoms with Crippen LogP contribution in [0.3, 0.4) is 0 Å². The minimum absolute atomic E-state index is 0.115. The smallest absolute Gasteiger partial charge is 0.341 e. The molecule has 0 spiro atoms. The van der Waals surface area contributed by atoms with Gasteiger partial charge in [0.2, 0.25) is 5.91 Å². The van der Waals surface area contributed by atoms with Crippen molar-refractivity contribution in [2.24, 2.45) is 11.3 Å². The van der Waals surface area contributed by atoms with Gasteiger partial charge in [0.15, 0.2) is 0 Å². The molecule has 2 heterocycles. The van der Waals surface area contributed by atoms with Crippen LogP contribution in [0.1, 0.15) is 65.7 Å². The lowest BCUT2D eigenvalue weighted by molar-refractivity contribution is -0.115. The molecule has 3 aliphatic rings. The fourth-order valence-corrected chi connectivity index (χ4v) is 10.8. The van der Waals surface area contributed by atoms with E-state index in [-0.39, 0.29) is 35.3 Å². The lowest BCUT2D eigenvalue weighted by Gasteiger charge is -2.40. The molecule has 10 heteroatoms. The van der Waals surface area contributed by atoms with E-state index in [2.05, 4.69) is 49.6 Å². The molecule has 0 fully saturated rings. The topological polar surface area (TPSA) is 87.7 Å². The number of hydrogen-bond acceptors (Lipinski definition) is 7. The van der Waals surface area contributed by atoms with Gasteiger partial charge in [-0.25, -0.2) is 9.59 Å². The van der Waals surface area contributed by atoms with E-state index in [0.717, 1.165) is 50.7 Å². The first kappa shape index (κ1) is 36.1. The van der Waals surface area contributed by atoms with Gasteiger partial charge in [-0.15, -0.1) is 34.9 Å². The Labute approximate surface area is 318 Å². The van der Waals surface area contributed by atoms with Crippen LogP contribution in [-0.2, 0) is 22.4 Å². The maximum absolute atomic E-state index is 14.3. The monoisotopic (exact) mass is 749 g/mol. The van der Waals surface area contributed by atoms with Crippen molar-refractivity contribution in [3.63, 3.8) is 0 Å². The number of thioether (sulfide) groups is 2. The number of ether oxygens (including phenoxy) is 1. The molecule has 1 aliphatic heterocycles. The van der Waals surface area contributed by atoms with Crippen molar-refractivity contribution < 1.29 is 19.1 Å². The summed E-state index contributed by atoms with van der Waals surface area (Å²) in [6.45, 7) is 8.85. The van der Waals surface area contributed by atoms with Gasteiger partial charge in [-0.2, -0.15) is 0 Å². The van der Waals surface area contributed by atoms with Gasteiger partial charge in [0, 0.05) is 20.4 Å². The van der Waals surface area contributed by atoms with Crippen LogP contribution in [-0.4, -0.2) is 35.8 Å². The maximum Gasteiger partial charge on any atom is 0.341 e. The number of urea groups is 1. The second kappa shape index (κ2) is 15.4. The Morgan fingerprint density at radius 1 is 0.962 bits per heavy atom. The van der Waals surface area contributed by atoms with Crippen LogP contribution in [0, 0.1) is 11.3 Å². The minimum atomic E-state index is -0.630. The summed E-state index contributed by atoms with van der Waals surface area (Å²) in [6.07, 6.45) is 10.9. The van der Waals surface area contributed by atoms with Crippen LogP contribution >= 0.6 is 34.9 Å². The molecule has 1 aromatic heterocycles. The summed E-state index contributed by atoms with van der Waals surface area (Å²) in [5.74, 6) is -0.135. The third kappa shape index (κ3) is 7.61. The van der Waals surface area contributed by atoms with E-state index in [9.17, 15) is 14.4 Å². The van der Waals surface area contributed by atoms with Crippen molar-refractivity contribution in [1.82, 2.24) is 0 Å². The fraction of sp³-hybridized carbons (Fsp3) is 0.310. The van der Waals surface area contributed by atoms with Crippen molar-refractivity contribution in [2.45, 2.75) is 73.3 Å². The zero-order valence-corrected chi connectivity index (χ0v) is 32.2. The number of benzene rings is 3. The SMILES string of the molecule is CCOC(=O)c1c(NC(=O)C(Sc2cccc(NC(=O)N3c4ccccc4SC4C=CC=CC43)c2)c2ccccc2)sc2c1CCC(C(C)(C)C)C2. The van der Waals surface area contributed by atoms with Crippen LogP contribution in [0.2, 0.25) is 0 Å². The number of carbonyl (C=O) groups is 3. The molecule has 0 saturated carbocycles. The van der Waals surface area contributed by atoms with Gasteiger partial charge in [-0.05, 0) is 79.0 Å². The number of para-hydroxylation sites is 1. The first-order valence-corrected chi connectivity index (χ1v) is 20.3. The fourth-order valence-electron chi connectivity index (χ4n) is 7.10. The van der Waals surface area contributed by atoms with Gasteiger partial charge in [0.25, 0.3) is 0 Å². The second-order valence-corrected chi connectivity index (χ2v) is 17.8. The zero-order chi connectivity index (χ0) is 36.4. The van der Waals surface area contributed by atoms with Crippen molar-refractivity contribution in [3.05, 3.63) is 125 Å². The third-order valence-electron chi connectivity index (χ3n) is 9.85. The molecule has 3 amide bonds. The number of esters is 1. The number of anilines is 3. The van der Waals surface area contributed by atoms with Crippen molar-refractivity contribution in [2.75, 3.05) is 22.1 Å². The number of allylic oxidation sites excluding steroid dienone is 2. The Hall–Kier alpha value is -4.25. The highest BCUT2D eigenvalue weighted by molar-refractivity contribution is 8.00. The summed E-state index contributed by atoms with van der Waals surface area (Å²) in [4.78, 5) is 46.5. The van der Waals surface area contributed by atoms with Gasteiger partial charge in [0.1, 0.15) is 10.3 Å². The Morgan fingerprint density at radius 3 is 2.52 bits per heavy atom. The Kier molecular flexibility index (Phi) is 10.7. The molecule has 2 N–H and O–H groups in total. The highest BCUT2D eigenvalue weighted by Gasteiger charge is 2.38. The maximum atomic E-state index is 14.3. The standard InChI is InChI=1S/C42H43N3O4S3/c1-5-49-40(47)36-30-23-22-27(42(2,3)4)24-35(30)52-39(36)44-38(46)37(26-14-7-6-8-15-26)50-29-17-13-16-28(25-29)43-41(48)45-31-18-9-11-20-33(31)51-34-21-12-10-19-32(34)45/h6-21,25,27,31,33,37H,5,22-24H2,1-4H3,(H,43,48)(H,44,46).